The monoisotopic (exact) mass is 438 g/mol. The Bertz CT molecular complexity index is 1150. The molecule has 8 nitrogen and oxygen atoms in total. The number of aromatic amines is 1. The molecule has 0 amide bonds. The first-order valence-electron chi connectivity index (χ1n) is 10.6. The molecule has 4 rings (SSSR count). The number of pyridine rings is 1. The molecule has 166 valence electrons. The summed E-state index contributed by atoms with van der Waals surface area (Å²) in [5.41, 5.74) is 3.32. The van der Waals surface area contributed by atoms with Crippen molar-refractivity contribution < 1.29 is 8.78 Å². The van der Waals surface area contributed by atoms with Crippen LogP contribution in [0.4, 0.5) is 8.78 Å². The zero-order chi connectivity index (χ0) is 22.6. The van der Waals surface area contributed by atoms with Gasteiger partial charge in [0.05, 0.1) is 12.2 Å². The molecule has 0 bridgehead atoms. The van der Waals surface area contributed by atoms with Crippen LogP contribution < -0.4 is 0 Å². The molecule has 3 heterocycles. The summed E-state index contributed by atoms with van der Waals surface area (Å²) in [4.78, 5) is 8.73. The molecular weight excluding hydrogens is 414 g/mol. The number of alkyl halides is 2. The molecule has 0 aliphatic heterocycles. The second-order valence-corrected chi connectivity index (χ2v) is 7.56. The molecule has 0 saturated carbocycles. The second kappa shape index (κ2) is 9.29. The Kier molecular flexibility index (Phi) is 6.29. The number of hydrogen-bond donors (Lipinski definition) is 1. The number of benzene rings is 1. The van der Waals surface area contributed by atoms with Crippen LogP contribution in [-0.4, -0.2) is 40.4 Å². The third kappa shape index (κ3) is 4.53. The van der Waals surface area contributed by atoms with Crippen LogP contribution in [-0.2, 0) is 18.9 Å². The molecule has 0 radical (unpaired) electrons. The number of halogens is 2. The first-order valence-corrected chi connectivity index (χ1v) is 10.6. The van der Waals surface area contributed by atoms with E-state index in [1.54, 1.807) is 17.8 Å². The summed E-state index contributed by atoms with van der Waals surface area (Å²) in [5, 5.41) is 18.2. The van der Waals surface area contributed by atoms with Crippen LogP contribution >= 0.6 is 0 Å². The summed E-state index contributed by atoms with van der Waals surface area (Å²) in [7, 11) is 0. The van der Waals surface area contributed by atoms with Crippen LogP contribution in [0, 0.1) is 0 Å². The zero-order valence-electron chi connectivity index (χ0n) is 18.0. The lowest BCUT2D eigenvalue weighted by atomic mass is 10.0. The molecule has 0 fully saturated rings. The van der Waals surface area contributed by atoms with E-state index >= 15 is 0 Å². The van der Waals surface area contributed by atoms with E-state index in [9.17, 15) is 8.78 Å². The van der Waals surface area contributed by atoms with E-state index in [1.807, 2.05) is 43.3 Å². The van der Waals surface area contributed by atoms with Crippen LogP contribution in [0.3, 0.4) is 0 Å². The van der Waals surface area contributed by atoms with Crippen LogP contribution in [0.1, 0.15) is 50.3 Å². The predicted octanol–water partition coefficient (Wildman–Crippen LogP) is 4.41. The number of nitrogens with zero attached hydrogens (tertiary/aromatic N) is 7. The summed E-state index contributed by atoms with van der Waals surface area (Å²) in [5.74, 6) is -2.31. The lowest BCUT2D eigenvalue weighted by Gasteiger charge is -2.10. The van der Waals surface area contributed by atoms with Gasteiger partial charge in [0.25, 0.3) is 0 Å². The Morgan fingerprint density at radius 1 is 1.03 bits per heavy atom. The Labute approximate surface area is 184 Å². The van der Waals surface area contributed by atoms with E-state index in [4.69, 9.17) is 0 Å². The van der Waals surface area contributed by atoms with Gasteiger partial charge in [0.15, 0.2) is 5.82 Å². The maximum atomic E-state index is 14.4. The van der Waals surface area contributed by atoms with Gasteiger partial charge in [-0.1, -0.05) is 44.2 Å². The SMILES string of the molecule is CCCc1nc(C(F)(F)CCC)nn1Cc1ccc(-c2ccccc2-c2nnn[nH]2)nc1. The second-order valence-electron chi connectivity index (χ2n) is 7.56. The van der Waals surface area contributed by atoms with Crippen molar-refractivity contribution in [3.63, 3.8) is 0 Å². The topological polar surface area (TPSA) is 98.1 Å². The van der Waals surface area contributed by atoms with Crippen LogP contribution in [0.15, 0.2) is 42.6 Å². The molecule has 0 unspecified atom stereocenters. The van der Waals surface area contributed by atoms with Gasteiger partial charge >= 0.3 is 5.92 Å². The zero-order valence-corrected chi connectivity index (χ0v) is 18.0. The highest BCUT2D eigenvalue weighted by Crippen LogP contribution is 2.31. The molecule has 0 aliphatic carbocycles. The average molecular weight is 438 g/mol. The van der Waals surface area contributed by atoms with Gasteiger partial charge in [0.2, 0.25) is 5.82 Å². The van der Waals surface area contributed by atoms with Gasteiger partial charge in [0.1, 0.15) is 5.82 Å². The average Bonchev–Trinajstić information content (AvgIpc) is 3.46. The van der Waals surface area contributed by atoms with Crippen LogP contribution in [0.5, 0.6) is 0 Å². The van der Waals surface area contributed by atoms with Crippen molar-refractivity contribution in [1.82, 2.24) is 40.4 Å². The highest BCUT2D eigenvalue weighted by atomic mass is 19.3. The van der Waals surface area contributed by atoms with Gasteiger partial charge in [-0.2, -0.15) is 8.78 Å². The molecule has 0 atom stereocenters. The van der Waals surface area contributed by atoms with E-state index in [-0.39, 0.29) is 6.42 Å². The number of aryl methyl sites for hydroxylation is 1. The van der Waals surface area contributed by atoms with E-state index in [2.05, 4.69) is 35.7 Å². The molecule has 0 aliphatic rings. The summed E-state index contributed by atoms with van der Waals surface area (Å²) < 4.78 is 30.3. The quantitative estimate of drug-likeness (QED) is 0.416. The van der Waals surface area contributed by atoms with Gasteiger partial charge < -0.3 is 0 Å². The van der Waals surface area contributed by atoms with Crippen molar-refractivity contribution >= 4 is 0 Å². The minimum absolute atomic E-state index is 0.265. The summed E-state index contributed by atoms with van der Waals surface area (Å²) >= 11 is 0. The number of tetrazole rings is 1. The number of hydrogen-bond acceptors (Lipinski definition) is 6. The Balaban J connectivity index is 1.60. The fraction of sp³-hybridized carbons (Fsp3) is 0.364. The van der Waals surface area contributed by atoms with Gasteiger partial charge in [-0.05, 0) is 34.9 Å². The molecule has 1 aromatic carbocycles. The van der Waals surface area contributed by atoms with Crippen molar-refractivity contribution in [3.05, 3.63) is 59.8 Å². The molecular formula is C22H24F2N8. The summed E-state index contributed by atoms with van der Waals surface area (Å²) in [6.07, 6.45) is 3.20. The number of aromatic nitrogens is 8. The van der Waals surface area contributed by atoms with Crippen molar-refractivity contribution in [2.24, 2.45) is 0 Å². The Morgan fingerprint density at radius 2 is 1.84 bits per heavy atom. The highest BCUT2D eigenvalue weighted by molar-refractivity contribution is 5.78. The number of rotatable bonds is 9. The maximum absolute atomic E-state index is 14.4. The van der Waals surface area contributed by atoms with Gasteiger partial charge in [0, 0.05) is 30.2 Å². The van der Waals surface area contributed by atoms with E-state index in [1.165, 1.54) is 0 Å². The fourth-order valence-electron chi connectivity index (χ4n) is 3.53. The predicted molar refractivity (Wildman–Crippen MR) is 115 cm³/mol. The third-order valence-corrected chi connectivity index (χ3v) is 5.07. The normalized spacial score (nSPS) is 11.8. The lowest BCUT2D eigenvalue weighted by Crippen LogP contribution is -2.16. The summed E-state index contributed by atoms with van der Waals surface area (Å²) in [6, 6.07) is 11.5. The third-order valence-electron chi connectivity index (χ3n) is 5.07. The molecule has 4 aromatic rings. The highest BCUT2D eigenvalue weighted by Gasteiger charge is 2.36. The molecule has 0 saturated heterocycles. The largest absolute Gasteiger partial charge is 0.308 e. The summed E-state index contributed by atoms with van der Waals surface area (Å²) in [6.45, 7) is 4.04. The van der Waals surface area contributed by atoms with Crippen LogP contribution in [0.25, 0.3) is 22.6 Å². The minimum atomic E-state index is -3.02. The van der Waals surface area contributed by atoms with Crippen molar-refractivity contribution in [2.45, 2.75) is 52.0 Å². The maximum Gasteiger partial charge on any atom is 0.308 e. The van der Waals surface area contributed by atoms with Crippen molar-refractivity contribution in [1.29, 1.82) is 0 Å². The van der Waals surface area contributed by atoms with Gasteiger partial charge in [-0.25, -0.2) is 14.8 Å². The smallest absolute Gasteiger partial charge is 0.256 e. The van der Waals surface area contributed by atoms with Crippen LogP contribution in [0.2, 0.25) is 0 Å². The molecule has 3 aromatic heterocycles. The number of H-pyrrole nitrogens is 1. The van der Waals surface area contributed by atoms with E-state index < -0.39 is 11.7 Å². The molecule has 32 heavy (non-hydrogen) atoms. The van der Waals surface area contributed by atoms with E-state index in [0.29, 0.717) is 31.0 Å². The first kappa shape index (κ1) is 21.7. The van der Waals surface area contributed by atoms with Gasteiger partial charge in [-0.3, -0.25) is 4.98 Å². The fourth-order valence-corrected chi connectivity index (χ4v) is 3.53. The Hall–Kier alpha value is -3.56. The standard InChI is InChI=1S/C22H24F2N8/c1-3-7-19-26-21(22(23,24)12-4-2)29-32(19)14-15-10-11-18(25-13-15)16-8-5-6-9-17(16)20-27-30-31-28-20/h5-6,8-11,13H,3-4,7,12,14H2,1-2H3,(H,27,28,30,31). The van der Waals surface area contributed by atoms with Crippen molar-refractivity contribution in [3.8, 4) is 22.6 Å². The minimum Gasteiger partial charge on any atom is -0.256 e. The molecule has 1 N–H and O–H groups in total. The van der Waals surface area contributed by atoms with Gasteiger partial charge in [-0.15, -0.1) is 10.2 Å². The van der Waals surface area contributed by atoms with E-state index in [0.717, 1.165) is 28.8 Å². The Morgan fingerprint density at radius 3 is 2.50 bits per heavy atom. The number of nitrogens with one attached hydrogen (secondary N) is 1. The lowest BCUT2D eigenvalue weighted by molar-refractivity contribution is -0.0232. The first-order chi connectivity index (χ1) is 15.5. The van der Waals surface area contributed by atoms with Crippen molar-refractivity contribution in [2.75, 3.05) is 0 Å². The molecule has 10 heteroatoms. The molecule has 0 spiro atoms.